The van der Waals surface area contributed by atoms with Crippen LogP contribution in [0.25, 0.3) is 0 Å². The van der Waals surface area contributed by atoms with Crippen LogP contribution in [0.15, 0.2) is 11.6 Å². The molecule has 1 aliphatic rings. The molecule has 58 valence electrons. The summed E-state index contributed by atoms with van der Waals surface area (Å²) in [5, 5.41) is 0. The Morgan fingerprint density at radius 3 is 3.00 bits per heavy atom. The van der Waals surface area contributed by atoms with Crippen LogP contribution < -0.4 is 0 Å². The molecule has 1 heteroatoms. The minimum atomic E-state index is 0.500. The van der Waals surface area contributed by atoms with E-state index in [4.69, 9.17) is 4.74 Å². The summed E-state index contributed by atoms with van der Waals surface area (Å²) in [6, 6.07) is 0. The van der Waals surface area contributed by atoms with Gasteiger partial charge in [0.25, 0.3) is 0 Å². The maximum Gasteiger partial charge on any atom is 0.0654 e. The summed E-state index contributed by atoms with van der Waals surface area (Å²) in [5.74, 6) is 0. The Bertz CT molecular complexity index is 127. The lowest BCUT2D eigenvalue weighted by atomic mass is 10.0. The van der Waals surface area contributed by atoms with Gasteiger partial charge < -0.3 is 4.74 Å². The molecule has 0 aliphatic carbocycles. The molecule has 0 aromatic heterocycles. The normalized spacial score (nSPS) is 26.2. The number of hydrogen-bond donors (Lipinski definition) is 0. The SMILES string of the molecule is CCC1=CCOC(CC)C1. The largest absolute Gasteiger partial charge is 0.374 e. The van der Waals surface area contributed by atoms with Crippen LogP contribution in [0.4, 0.5) is 0 Å². The van der Waals surface area contributed by atoms with Gasteiger partial charge >= 0.3 is 0 Å². The van der Waals surface area contributed by atoms with Crippen molar-refractivity contribution in [3.8, 4) is 0 Å². The van der Waals surface area contributed by atoms with E-state index in [2.05, 4.69) is 19.9 Å². The molecule has 1 heterocycles. The van der Waals surface area contributed by atoms with E-state index in [9.17, 15) is 0 Å². The fraction of sp³-hybridized carbons (Fsp3) is 0.778. The van der Waals surface area contributed by atoms with E-state index < -0.39 is 0 Å². The molecule has 1 aliphatic heterocycles. The summed E-state index contributed by atoms with van der Waals surface area (Å²) in [6.45, 7) is 5.23. The Morgan fingerprint density at radius 2 is 2.40 bits per heavy atom. The second-order valence-electron chi connectivity index (χ2n) is 2.78. The molecule has 1 unspecified atom stereocenters. The summed E-state index contributed by atoms with van der Waals surface area (Å²) in [6.07, 6.45) is 6.22. The van der Waals surface area contributed by atoms with Crippen LogP contribution in [0, 0.1) is 0 Å². The van der Waals surface area contributed by atoms with Crippen molar-refractivity contribution in [3.63, 3.8) is 0 Å². The van der Waals surface area contributed by atoms with Gasteiger partial charge in [0.2, 0.25) is 0 Å². The molecule has 0 fully saturated rings. The smallest absolute Gasteiger partial charge is 0.0654 e. The van der Waals surface area contributed by atoms with Crippen LogP contribution in [-0.2, 0) is 4.74 Å². The van der Waals surface area contributed by atoms with Gasteiger partial charge in [-0.1, -0.05) is 25.5 Å². The fourth-order valence-electron chi connectivity index (χ4n) is 1.29. The summed E-state index contributed by atoms with van der Waals surface area (Å²) < 4.78 is 5.48. The van der Waals surface area contributed by atoms with Crippen LogP contribution in [0.5, 0.6) is 0 Å². The third-order valence-electron chi connectivity index (χ3n) is 2.10. The molecule has 0 aromatic rings. The predicted molar refractivity (Wildman–Crippen MR) is 43.0 cm³/mol. The predicted octanol–water partition coefficient (Wildman–Crippen LogP) is 2.52. The van der Waals surface area contributed by atoms with Crippen molar-refractivity contribution in [1.82, 2.24) is 0 Å². The standard InChI is InChI=1S/C9H16O/c1-3-8-5-6-10-9(4-2)7-8/h5,9H,3-4,6-7H2,1-2H3. The molecular weight excluding hydrogens is 124 g/mol. The molecule has 0 aromatic carbocycles. The molecule has 0 saturated carbocycles. The Morgan fingerprint density at radius 1 is 1.60 bits per heavy atom. The number of hydrogen-bond acceptors (Lipinski definition) is 1. The zero-order valence-corrected chi connectivity index (χ0v) is 6.89. The summed E-state index contributed by atoms with van der Waals surface area (Å²) in [5.41, 5.74) is 1.57. The first-order valence-corrected chi connectivity index (χ1v) is 4.16. The maximum absolute atomic E-state index is 5.48. The lowest BCUT2D eigenvalue weighted by Gasteiger charge is -2.21. The lowest BCUT2D eigenvalue weighted by molar-refractivity contribution is 0.0611. The summed E-state index contributed by atoms with van der Waals surface area (Å²) in [4.78, 5) is 0. The lowest BCUT2D eigenvalue weighted by Crippen LogP contribution is -2.17. The molecule has 1 atom stereocenters. The number of ether oxygens (including phenoxy) is 1. The maximum atomic E-state index is 5.48. The van der Waals surface area contributed by atoms with E-state index >= 15 is 0 Å². The topological polar surface area (TPSA) is 9.23 Å². The van der Waals surface area contributed by atoms with Crippen LogP contribution in [0.1, 0.15) is 33.1 Å². The van der Waals surface area contributed by atoms with Gasteiger partial charge in [0, 0.05) is 0 Å². The van der Waals surface area contributed by atoms with Crippen molar-refractivity contribution >= 4 is 0 Å². The Labute approximate surface area is 63.1 Å². The molecule has 0 radical (unpaired) electrons. The highest BCUT2D eigenvalue weighted by Gasteiger charge is 2.11. The molecule has 1 rings (SSSR count). The van der Waals surface area contributed by atoms with E-state index in [1.54, 1.807) is 5.57 Å². The fourth-order valence-corrected chi connectivity index (χ4v) is 1.29. The summed E-state index contributed by atoms with van der Waals surface area (Å²) in [7, 11) is 0. The number of rotatable bonds is 2. The van der Waals surface area contributed by atoms with Crippen molar-refractivity contribution in [1.29, 1.82) is 0 Å². The average molecular weight is 140 g/mol. The van der Waals surface area contributed by atoms with Gasteiger partial charge in [0.05, 0.1) is 12.7 Å². The van der Waals surface area contributed by atoms with Gasteiger partial charge in [-0.05, 0) is 19.3 Å². The molecule has 0 N–H and O–H groups in total. The quantitative estimate of drug-likeness (QED) is 0.535. The molecule has 10 heavy (non-hydrogen) atoms. The zero-order valence-electron chi connectivity index (χ0n) is 6.89. The van der Waals surface area contributed by atoms with E-state index in [0.29, 0.717) is 6.10 Å². The summed E-state index contributed by atoms with van der Waals surface area (Å²) >= 11 is 0. The molecule has 0 saturated heterocycles. The first kappa shape index (κ1) is 7.80. The minimum absolute atomic E-state index is 0.500. The third-order valence-corrected chi connectivity index (χ3v) is 2.10. The first-order chi connectivity index (χ1) is 4.86. The van der Waals surface area contributed by atoms with Crippen LogP contribution in [0.3, 0.4) is 0 Å². The highest BCUT2D eigenvalue weighted by molar-refractivity contribution is 5.05. The Kier molecular flexibility index (Phi) is 2.94. The molecule has 1 nitrogen and oxygen atoms in total. The van der Waals surface area contributed by atoms with E-state index in [-0.39, 0.29) is 0 Å². The monoisotopic (exact) mass is 140 g/mol. The van der Waals surface area contributed by atoms with Crippen molar-refractivity contribution < 1.29 is 4.74 Å². The van der Waals surface area contributed by atoms with Crippen molar-refractivity contribution in [3.05, 3.63) is 11.6 Å². The molecule has 0 bridgehead atoms. The molecule has 0 amide bonds. The van der Waals surface area contributed by atoms with Gasteiger partial charge in [-0.2, -0.15) is 0 Å². The van der Waals surface area contributed by atoms with Gasteiger partial charge in [0.1, 0.15) is 0 Å². The minimum Gasteiger partial charge on any atom is -0.374 e. The molecular formula is C9H16O. The van der Waals surface area contributed by atoms with Gasteiger partial charge in [-0.15, -0.1) is 0 Å². The second kappa shape index (κ2) is 3.77. The average Bonchev–Trinajstić information content (AvgIpc) is 2.05. The third kappa shape index (κ3) is 1.84. The Hall–Kier alpha value is -0.300. The molecule has 0 spiro atoms. The van der Waals surface area contributed by atoms with Gasteiger partial charge in [-0.25, -0.2) is 0 Å². The highest BCUT2D eigenvalue weighted by Crippen LogP contribution is 2.18. The van der Waals surface area contributed by atoms with Crippen molar-refractivity contribution in [2.45, 2.75) is 39.2 Å². The second-order valence-corrected chi connectivity index (χ2v) is 2.78. The van der Waals surface area contributed by atoms with Crippen molar-refractivity contribution in [2.75, 3.05) is 6.61 Å². The van der Waals surface area contributed by atoms with E-state index in [1.165, 1.54) is 6.42 Å². The van der Waals surface area contributed by atoms with E-state index in [1.807, 2.05) is 0 Å². The van der Waals surface area contributed by atoms with Crippen LogP contribution in [-0.4, -0.2) is 12.7 Å². The first-order valence-electron chi connectivity index (χ1n) is 4.16. The van der Waals surface area contributed by atoms with Crippen LogP contribution >= 0.6 is 0 Å². The highest BCUT2D eigenvalue weighted by atomic mass is 16.5. The zero-order chi connectivity index (χ0) is 7.40. The van der Waals surface area contributed by atoms with Crippen molar-refractivity contribution in [2.24, 2.45) is 0 Å². The Balaban J connectivity index is 2.40. The van der Waals surface area contributed by atoms with Crippen LogP contribution in [0.2, 0.25) is 0 Å². The van der Waals surface area contributed by atoms with Gasteiger partial charge in [0.15, 0.2) is 0 Å². The van der Waals surface area contributed by atoms with Gasteiger partial charge in [-0.3, -0.25) is 0 Å². The van der Waals surface area contributed by atoms with E-state index in [0.717, 1.165) is 19.4 Å².